The second kappa shape index (κ2) is 7.04. The summed E-state index contributed by atoms with van der Waals surface area (Å²) in [6.07, 6.45) is -0.267. The van der Waals surface area contributed by atoms with Gasteiger partial charge in [0.25, 0.3) is 0 Å². The van der Waals surface area contributed by atoms with E-state index in [1.807, 2.05) is 38.1 Å². The van der Waals surface area contributed by atoms with Crippen LogP contribution in [-0.2, 0) is 4.84 Å². The van der Waals surface area contributed by atoms with Crippen molar-refractivity contribution in [1.29, 1.82) is 0 Å². The van der Waals surface area contributed by atoms with E-state index in [4.69, 9.17) is 4.84 Å². The molecule has 0 bridgehead atoms. The molecule has 3 nitrogen and oxygen atoms in total. The number of amidine groups is 1. The fourth-order valence-corrected chi connectivity index (χ4v) is 2.00. The summed E-state index contributed by atoms with van der Waals surface area (Å²) in [6, 6.07) is 16.4. The molecule has 0 saturated carbocycles. The maximum absolute atomic E-state index is 5.52. The van der Waals surface area contributed by atoms with E-state index in [1.54, 1.807) is 0 Å². The third-order valence-corrected chi connectivity index (χ3v) is 3.20. The molecule has 3 heteroatoms. The molecule has 0 amide bonds. The minimum Gasteiger partial charge on any atom is -0.246 e. The topological polar surface area (TPSA) is 33.6 Å². The molecular weight excluding hydrogens is 260 g/mol. The highest BCUT2D eigenvalue weighted by molar-refractivity contribution is 5.98. The number of rotatable bonds is 2. The first-order valence-corrected chi connectivity index (χ1v) is 7.35. The molecule has 1 unspecified atom stereocenters. The van der Waals surface area contributed by atoms with Crippen molar-refractivity contribution in [2.24, 2.45) is 4.99 Å². The van der Waals surface area contributed by atoms with Crippen LogP contribution < -0.4 is 5.48 Å². The second-order valence-electron chi connectivity index (χ2n) is 4.83. The Labute approximate surface area is 126 Å². The Hall–Kier alpha value is -2.13. The van der Waals surface area contributed by atoms with Crippen LogP contribution in [0.1, 0.15) is 42.3 Å². The number of hydroxylamine groups is 1. The van der Waals surface area contributed by atoms with Gasteiger partial charge in [-0.2, -0.15) is 0 Å². The average molecular weight is 282 g/mol. The molecule has 1 atom stereocenters. The van der Waals surface area contributed by atoms with Crippen molar-refractivity contribution in [2.75, 3.05) is 0 Å². The van der Waals surface area contributed by atoms with Gasteiger partial charge in [-0.05, 0) is 13.8 Å². The Kier molecular flexibility index (Phi) is 5.12. The Morgan fingerprint density at radius 2 is 1.38 bits per heavy atom. The molecule has 1 N–H and O–H groups in total. The summed E-state index contributed by atoms with van der Waals surface area (Å²) in [6.45, 7) is 8.14. The summed E-state index contributed by atoms with van der Waals surface area (Å²) in [5, 5.41) is 0. The summed E-state index contributed by atoms with van der Waals surface area (Å²) in [5.74, 6) is 0.783. The van der Waals surface area contributed by atoms with Crippen molar-refractivity contribution in [1.82, 2.24) is 5.48 Å². The van der Waals surface area contributed by atoms with Gasteiger partial charge in [0.2, 0.25) is 6.23 Å². The maximum Gasteiger partial charge on any atom is 0.202 e. The lowest BCUT2D eigenvalue weighted by Gasteiger charge is -2.05. The van der Waals surface area contributed by atoms with Crippen LogP contribution in [0, 0.1) is 13.8 Å². The standard InChI is InChI=1S/C16H16N2O.C2H6/c1-11-3-7-13(8-4-11)15-17-16(19-18-15)14-9-5-12(2)6-10-14;1-2/h3-10,16H,1-2H3,(H,17,18);1-2H3. The van der Waals surface area contributed by atoms with Crippen LogP contribution in [0.4, 0.5) is 0 Å². The van der Waals surface area contributed by atoms with Gasteiger partial charge in [0.1, 0.15) is 0 Å². The Balaban J connectivity index is 0.000000774. The molecule has 0 fully saturated rings. The Morgan fingerprint density at radius 3 is 1.95 bits per heavy atom. The van der Waals surface area contributed by atoms with Crippen molar-refractivity contribution >= 4 is 5.84 Å². The largest absolute Gasteiger partial charge is 0.246 e. The van der Waals surface area contributed by atoms with E-state index in [0.717, 1.165) is 17.0 Å². The smallest absolute Gasteiger partial charge is 0.202 e. The SMILES string of the molecule is CC.Cc1ccc(C2=NC(c3ccc(C)cc3)ON2)cc1. The summed E-state index contributed by atoms with van der Waals surface area (Å²) in [5.41, 5.74) is 7.47. The molecule has 0 radical (unpaired) electrons. The van der Waals surface area contributed by atoms with Gasteiger partial charge >= 0.3 is 0 Å². The van der Waals surface area contributed by atoms with Gasteiger partial charge in [-0.15, -0.1) is 0 Å². The number of hydrogen-bond acceptors (Lipinski definition) is 3. The Bertz CT molecular complexity index is 600. The number of aliphatic imine (C=N–C) groups is 1. The van der Waals surface area contributed by atoms with Crippen LogP contribution in [0.5, 0.6) is 0 Å². The lowest BCUT2D eigenvalue weighted by Crippen LogP contribution is -2.17. The molecule has 110 valence electrons. The summed E-state index contributed by atoms with van der Waals surface area (Å²) in [7, 11) is 0. The van der Waals surface area contributed by atoms with E-state index >= 15 is 0 Å². The minimum atomic E-state index is -0.267. The zero-order valence-electron chi connectivity index (χ0n) is 13.1. The zero-order valence-corrected chi connectivity index (χ0v) is 13.1. The minimum absolute atomic E-state index is 0.267. The predicted octanol–water partition coefficient (Wildman–Crippen LogP) is 4.31. The number of benzene rings is 2. The molecule has 0 saturated heterocycles. The highest BCUT2D eigenvalue weighted by Gasteiger charge is 2.20. The van der Waals surface area contributed by atoms with Crippen LogP contribution in [0.25, 0.3) is 0 Å². The fraction of sp³-hybridized carbons (Fsp3) is 0.278. The first-order valence-electron chi connectivity index (χ1n) is 7.35. The zero-order chi connectivity index (χ0) is 15.2. The second-order valence-corrected chi connectivity index (χ2v) is 4.83. The molecule has 0 aliphatic carbocycles. The molecular formula is C18H22N2O. The number of aryl methyl sites for hydroxylation is 2. The number of nitrogens with zero attached hydrogens (tertiary/aromatic N) is 1. The van der Waals surface area contributed by atoms with Gasteiger partial charge in [-0.1, -0.05) is 73.5 Å². The van der Waals surface area contributed by atoms with Crippen molar-refractivity contribution in [3.8, 4) is 0 Å². The lowest BCUT2D eigenvalue weighted by atomic mass is 10.1. The monoisotopic (exact) mass is 282 g/mol. The third kappa shape index (κ3) is 3.70. The molecule has 2 aromatic carbocycles. The van der Waals surface area contributed by atoms with E-state index in [-0.39, 0.29) is 6.23 Å². The van der Waals surface area contributed by atoms with Crippen molar-refractivity contribution < 1.29 is 4.84 Å². The summed E-state index contributed by atoms with van der Waals surface area (Å²) < 4.78 is 0. The number of hydrogen-bond donors (Lipinski definition) is 1. The Morgan fingerprint density at radius 1 is 0.857 bits per heavy atom. The maximum atomic E-state index is 5.52. The molecule has 0 spiro atoms. The van der Waals surface area contributed by atoms with Gasteiger partial charge in [0.05, 0.1) is 0 Å². The normalized spacial score (nSPS) is 16.6. The van der Waals surface area contributed by atoms with Crippen LogP contribution in [-0.4, -0.2) is 5.84 Å². The molecule has 1 aliphatic rings. The van der Waals surface area contributed by atoms with Gasteiger partial charge in [-0.25, -0.2) is 15.3 Å². The third-order valence-electron chi connectivity index (χ3n) is 3.20. The average Bonchev–Trinajstić information content (AvgIpc) is 3.01. The molecule has 1 heterocycles. The molecule has 21 heavy (non-hydrogen) atoms. The van der Waals surface area contributed by atoms with Crippen LogP contribution >= 0.6 is 0 Å². The lowest BCUT2D eigenvalue weighted by molar-refractivity contribution is 0.0377. The predicted molar refractivity (Wildman–Crippen MR) is 87.2 cm³/mol. The quantitative estimate of drug-likeness (QED) is 0.890. The van der Waals surface area contributed by atoms with Crippen molar-refractivity contribution in [3.63, 3.8) is 0 Å². The van der Waals surface area contributed by atoms with Gasteiger partial charge in [0.15, 0.2) is 5.84 Å². The summed E-state index contributed by atoms with van der Waals surface area (Å²) >= 11 is 0. The molecule has 0 aromatic heterocycles. The highest BCUT2D eigenvalue weighted by Crippen LogP contribution is 2.23. The molecule has 2 aromatic rings. The summed E-state index contributed by atoms with van der Waals surface area (Å²) in [4.78, 5) is 10.1. The molecule has 1 aliphatic heterocycles. The van der Waals surface area contributed by atoms with E-state index in [2.05, 4.69) is 48.6 Å². The van der Waals surface area contributed by atoms with E-state index in [1.165, 1.54) is 11.1 Å². The fourth-order valence-electron chi connectivity index (χ4n) is 2.00. The first kappa shape index (κ1) is 15.3. The first-order chi connectivity index (χ1) is 10.2. The van der Waals surface area contributed by atoms with E-state index in [0.29, 0.717) is 0 Å². The van der Waals surface area contributed by atoms with Gasteiger partial charge in [-0.3, -0.25) is 0 Å². The van der Waals surface area contributed by atoms with Gasteiger partial charge < -0.3 is 0 Å². The van der Waals surface area contributed by atoms with Crippen LogP contribution in [0.15, 0.2) is 53.5 Å². The number of nitrogens with one attached hydrogen (secondary N) is 1. The van der Waals surface area contributed by atoms with Crippen molar-refractivity contribution in [2.45, 2.75) is 33.9 Å². The van der Waals surface area contributed by atoms with E-state index in [9.17, 15) is 0 Å². The van der Waals surface area contributed by atoms with Gasteiger partial charge in [0, 0.05) is 11.1 Å². The molecule has 3 rings (SSSR count). The van der Waals surface area contributed by atoms with Crippen LogP contribution in [0.3, 0.4) is 0 Å². The van der Waals surface area contributed by atoms with Crippen molar-refractivity contribution in [3.05, 3.63) is 70.8 Å². The highest BCUT2D eigenvalue weighted by atomic mass is 16.7. The van der Waals surface area contributed by atoms with E-state index < -0.39 is 0 Å². The van der Waals surface area contributed by atoms with Crippen LogP contribution in [0.2, 0.25) is 0 Å².